The minimum absolute atomic E-state index is 0. The summed E-state index contributed by atoms with van der Waals surface area (Å²) in [6.07, 6.45) is 0. The van der Waals surface area contributed by atoms with Crippen LogP contribution in [0, 0.1) is 0 Å². The maximum Gasteiger partial charge on any atom is 1.00 e. The molecule has 0 fully saturated rings. The Balaban J connectivity index is -0.0000000980. The van der Waals surface area contributed by atoms with Crippen LogP contribution in [0.25, 0.3) is 0 Å². The first-order chi connectivity index (χ1) is 7.25. The number of carboxylic acids is 2. The van der Waals surface area contributed by atoms with Crippen molar-refractivity contribution in [3.05, 3.63) is 0 Å². The number of carbonyl (C=O) groups is 2. The number of carboxylic acid groups (broad SMARTS) is 2. The smallest absolute Gasteiger partial charge is 0.480 e. The van der Waals surface area contributed by atoms with Gasteiger partial charge in [0.05, 0.1) is 0 Å². The zero-order valence-corrected chi connectivity index (χ0v) is 17.0. The Hall–Kier alpha value is 1.16. The van der Waals surface area contributed by atoms with Crippen molar-refractivity contribution in [3.63, 3.8) is 0 Å². The molecule has 0 aromatic heterocycles. The molecule has 0 aliphatic heterocycles. The molecule has 4 N–H and O–H groups in total. The summed E-state index contributed by atoms with van der Waals surface area (Å²) < 4.78 is 0.180. The average Bonchev–Trinajstić information content (AvgIpc) is 2.12. The van der Waals surface area contributed by atoms with Crippen LogP contribution in [0.3, 0.4) is 0 Å². The molecule has 0 atom stereocenters. The predicted octanol–water partition coefficient (Wildman–Crippen LogP) is -7.01. The van der Waals surface area contributed by atoms with E-state index in [2.05, 4.69) is 60.3 Å². The third kappa shape index (κ3) is 36.0. The summed E-state index contributed by atoms with van der Waals surface area (Å²) in [7, 11) is 0. The summed E-state index contributed by atoms with van der Waals surface area (Å²) in [6.45, 7) is -0.384. The molecule has 0 saturated heterocycles. The molecule has 0 rings (SSSR count). The van der Waals surface area contributed by atoms with E-state index in [0.29, 0.717) is 0 Å². The van der Waals surface area contributed by atoms with Crippen molar-refractivity contribution >= 4 is 70.3 Å². The molecular weight excluding hydrogens is 338 g/mol. The van der Waals surface area contributed by atoms with E-state index in [4.69, 9.17) is 10.2 Å². The third-order valence-electron chi connectivity index (χ3n) is 0.768. The van der Waals surface area contributed by atoms with Crippen LogP contribution in [0.4, 0.5) is 0 Å². The first-order valence-corrected chi connectivity index (χ1v) is 5.22. The van der Waals surface area contributed by atoms with Gasteiger partial charge in [-0.15, -0.1) is 0 Å². The second kappa shape index (κ2) is 18.2. The van der Waals surface area contributed by atoms with Crippen LogP contribution in [0.5, 0.6) is 0 Å². The van der Waals surface area contributed by atoms with Crippen LogP contribution in [0.15, 0.2) is 0 Å². The number of hydrogen-bond acceptors (Lipinski definition) is 6. The number of nitrogens with one attached hydrogen (secondary N) is 2. The summed E-state index contributed by atoms with van der Waals surface area (Å²) in [4.78, 5) is 19.5. The molecule has 0 amide bonds. The average molecular weight is 346 g/mol. The van der Waals surface area contributed by atoms with Gasteiger partial charge in [0.2, 0.25) is 0 Å². The van der Waals surface area contributed by atoms with Crippen LogP contribution in [0.2, 0.25) is 0 Å². The summed E-state index contributed by atoms with van der Waals surface area (Å²) in [5.74, 6) is -1.92. The second-order valence-electron chi connectivity index (χ2n) is 2.07. The number of thiocarbonyl (C=S) groups is 2. The monoisotopic (exact) mass is 346 g/mol. The van der Waals surface area contributed by atoms with Gasteiger partial charge in [0.25, 0.3) is 0 Å². The Labute approximate surface area is 170 Å². The topological polar surface area (TPSA) is 98.7 Å². The first kappa shape index (κ1) is 27.5. The van der Waals surface area contributed by atoms with Crippen LogP contribution in [-0.4, -0.2) is 43.9 Å². The largest absolute Gasteiger partial charge is 1.00 e. The van der Waals surface area contributed by atoms with Crippen molar-refractivity contribution in [2.75, 3.05) is 13.1 Å². The van der Waals surface area contributed by atoms with Crippen LogP contribution >= 0.6 is 24.4 Å². The molecule has 0 aliphatic carbocycles. The van der Waals surface area contributed by atoms with Gasteiger partial charge in [0.15, 0.2) is 0 Å². The quantitative estimate of drug-likeness (QED) is 0.223. The van der Waals surface area contributed by atoms with E-state index in [1.54, 1.807) is 0 Å². The van der Waals surface area contributed by atoms with E-state index in [0.717, 1.165) is 0 Å². The fourth-order valence-electron chi connectivity index (χ4n) is 0.296. The molecule has 92 valence electrons. The van der Waals surface area contributed by atoms with E-state index in [1.165, 1.54) is 0 Å². The number of hydrogen-bond donors (Lipinski definition) is 4. The Bertz CT molecular complexity index is 237. The van der Waals surface area contributed by atoms with Crippen LogP contribution in [-0.2, 0) is 34.8 Å². The second-order valence-corrected chi connectivity index (χ2v) is 4.22. The Morgan fingerprint density at radius 3 is 1.17 bits per heavy atom. The van der Waals surface area contributed by atoms with Gasteiger partial charge in [0, 0.05) is 0 Å². The van der Waals surface area contributed by atoms with Gasteiger partial charge < -0.3 is 70.5 Å². The Kier molecular flexibility index (Phi) is 27.7. The fraction of sp³-hybridized carbons (Fsp3) is 0.333. The van der Waals surface area contributed by atoms with Crippen molar-refractivity contribution in [3.8, 4) is 0 Å². The van der Waals surface area contributed by atoms with E-state index < -0.39 is 11.9 Å². The molecule has 0 bridgehead atoms. The van der Waals surface area contributed by atoms with Gasteiger partial charge in [-0.25, -0.2) is 0 Å². The van der Waals surface area contributed by atoms with Crippen LogP contribution in [0.1, 0.15) is 0 Å². The van der Waals surface area contributed by atoms with E-state index in [-0.39, 0.29) is 80.8 Å². The Morgan fingerprint density at radius 2 is 1.11 bits per heavy atom. The molecule has 0 unspecified atom stereocenters. The van der Waals surface area contributed by atoms with E-state index >= 15 is 0 Å². The van der Waals surface area contributed by atoms with Crippen molar-refractivity contribution in [2.45, 2.75) is 0 Å². The number of aliphatic carboxylic acids is 2. The molecule has 6 nitrogen and oxygen atoms in total. The molecular formula is C6H8N2Na2O4S4. The summed E-state index contributed by atoms with van der Waals surface area (Å²) in [5.41, 5.74) is 0. The van der Waals surface area contributed by atoms with Gasteiger partial charge >= 0.3 is 71.1 Å². The fourth-order valence-corrected chi connectivity index (χ4v) is 0.584. The summed E-state index contributed by atoms with van der Waals surface area (Å²) in [6, 6.07) is 0. The van der Waals surface area contributed by atoms with Crippen molar-refractivity contribution in [1.82, 2.24) is 10.6 Å². The maximum atomic E-state index is 9.74. The molecule has 0 spiro atoms. The van der Waals surface area contributed by atoms with Crippen molar-refractivity contribution < 1.29 is 78.9 Å². The maximum absolute atomic E-state index is 9.74. The molecule has 0 radical (unpaired) electrons. The zero-order valence-electron chi connectivity index (χ0n) is 9.76. The molecule has 0 aromatic rings. The van der Waals surface area contributed by atoms with E-state index in [1.807, 2.05) is 0 Å². The van der Waals surface area contributed by atoms with Gasteiger partial charge in [-0.2, -0.15) is 0 Å². The minimum atomic E-state index is -0.961. The van der Waals surface area contributed by atoms with E-state index in [9.17, 15) is 9.59 Å². The van der Waals surface area contributed by atoms with Crippen LogP contribution < -0.4 is 69.7 Å². The Morgan fingerprint density at radius 1 is 0.889 bits per heavy atom. The molecule has 0 aromatic carbocycles. The van der Waals surface area contributed by atoms with Crippen molar-refractivity contribution in [2.24, 2.45) is 0 Å². The summed E-state index contributed by atoms with van der Waals surface area (Å²) >= 11 is 17.4. The van der Waals surface area contributed by atoms with Gasteiger partial charge in [-0.05, 0) is 0 Å². The first-order valence-electron chi connectivity index (χ1n) is 3.59. The van der Waals surface area contributed by atoms with Crippen molar-refractivity contribution in [1.29, 1.82) is 0 Å². The molecule has 0 saturated carbocycles. The normalized spacial score (nSPS) is 7.11. The molecule has 18 heavy (non-hydrogen) atoms. The van der Waals surface area contributed by atoms with Gasteiger partial charge in [-0.1, -0.05) is 8.64 Å². The third-order valence-corrected chi connectivity index (χ3v) is 1.35. The van der Waals surface area contributed by atoms with Gasteiger partial charge in [-0.3, -0.25) is 9.59 Å². The predicted molar refractivity (Wildman–Crippen MR) is 71.2 cm³/mol. The molecule has 0 heterocycles. The molecule has 0 aliphatic rings. The number of rotatable bonds is 4. The van der Waals surface area contributed by atoms with Gasteiger partial charge in [0.1, 0.15) is 13.1 Å². The molecule has 12 heteroatoms. The minimum Gasteiger partial charge on any atom is -0.480 e. The standard InChI is InChI=1S/2C3H5NO2S2.2Na/c2*5-2(6)1-4-3(7)8;;/h2*1H2,(H,5,6)(H2,4,7,8);;/q;;2*+1/p-2. The zero-order chi connectivity index (χ0) is 13.1. The summed E-state index contributed by atoms with van der Waals surface area (Å²) in [5, 5.41) is 20.6. The SMILES string of the molecule is O=C(O)CNC(=S)[S-].O=C(O)CNC(=S)[S-].[Na+].[Na+].